The summed E-state index contributed by atoms with van der Waals surface area (Å²) in [4.78, 5) is 2.27. The summed E-state index contributed by atoms with van der Waals surface area (Å²) < 4.78 is 5.58. The van der Waals surface area contributed by atoms with Gasteiger partial charge < -0.3 is 20.7 Å². The van der Waals surface area contributed by atoms with Gasteiger partial charge in [-0.15, -0.1) is 0 Å². The number of piperidine rings is 1. The lowest BCUT2D eigenvalue weighted by Crippen LogP contribution is -2.45. The van der Waals surface area contributed by atoms with E-state index in [-0.39, 0.29) is 13.2 Å². The number of β-amino-alcohol motifs (C(OH)–C–C–N with tert-alkyl or cyclic N) is 1. The van der Waals surface area contributed by atoms with Gasteiger partial charge in [0.2, 0.25) is 0 Å². The largest absolute Gasteiger partial charge is 0.491 e. The number of hydrogen-bond acceptors (Lipinski definition) is 5. The molecule has 0 amide bonds. The van der Waals surface area contributed by atoms with Gasteiger partial charge >= 0.3 is 0 Å². The second kappa shape index (κ2) is 8.22. The van der Waals surface area contributed by atoms with Crippen LogP contribution in [0, 0.1) is 0 Å². The van der Waals surface area contributed by atoms with E-state index in [0.29, 0.717) is 24.0 Å². The van der Waals surface area contributed by atoms with E-state index in [1.165, 1.54) is 6.42 Å². The number of benzene rings is 1. The zero-order chi connectivity index (χ0) is 15.1. The lowest BCUT2D eigenvalue weighted by Gasteiger charge is -2.36. The third kappa shape index (κ3) is 5.19. The van der Waals surface area contributed by atoms with Crippen molar-refractivity contribution >= 4 is 5.69 Å². The molecule has 0 bridgehead atoms. The SMILES string of the molecule is Nc1ccc(OCC(O)CN2CCCCC2CCO)cc1. The van der Waals surface area contributed by atoms with Crippen LogP contribution in [0.2, 0.25) is 0 Å². The van der Waals surface area contributed by atoms with E-state index in [4.69, 9.17) is 15.6 Å². The van der Waals surface area contributed by atoms with Gasteiger partial charge in [-0.1, -0.05) is 6.42 Å². The number of anilines is 1. The number of rotatable bonds is 7. The van der Waals surface area contributed by atoms with E-state index in [1.54, 1.807) is 24.3 Å². The van der Waals surface area contributed by atoms with E-state index >= 15 is 0 Å². The first-order valence-electron chi connectivity index (χ1n) is 7.70. The number of nitrogens with zero attached hydrogens (tertiary/aromatic N) is 1. The van der Waals surface area contributed by atoms with E-state index in [1.807, 2.05) is 0 Å². The van der Waals surface area contributed by atoms with Crippen molar-refractivity contribution in [3.63, 3.8) is 0 Å². The molecule has 0 saturated carbocycles. The number of hydrogen-bond donors (Lipinski definition) is 3. The highest BCUT2D eigenvalue weighted by atomic mass is 16.5. The zero-order valence-electron chi connectivity index (χ0n) is 12.4. The fraction of sp³-hybridized carbons (Fsp3) is 0.625. The second-order valence-corrected chi connectivity index (χ2v) is 5.69. The van der Waals surface area contributed by atoms with Gasteiger partial charge in [-0.25, -0.2) is 0 Å². The second-order valence-electron chi connectivity index (χ2n) is 5.69. The van der Waals surface area contributed by atoms with Gasteiger partial charge in [-0.3, -0.25) is 4.90 Å². The molecular weight excluding hydrogens is 268 g/mol. The summed E-state index contributed by atoms with van der Waals surface area (Å²) in [6.45, 7) is 2.06. The highest BCUT2D eigenvalue weighted by molar-refractivity contribution is 5.41. The van der Waals surface area contributed by atoms with E-state index < -0.39 is 6.10 Å². The van der Waals surface area contributed by atoms with Crippen LogP contribution in [0.4, 0.5) is 5.69 Å². The molecule has 0 aliphatic carbocycles. The van der Waals surface area contributed by atoms with Gasteiger partial charge in [-0.05, 0) is 50.1 Å². The first kappa shape index (κ1) is 16.1. The Morgan fingerprint density at radius 1 is 1.29 bits per heavy atom. The average molecular weight is 294 g/mol. The number of likely N-dealkylation sites (tertiary alicyclic amines) is 1. The van der Waals surface area contributed by atoms with Gasteiger partial charge in [0.1, 0.15) is 18.5 Å². The summed E-state index contributed by atoms with van der Waals surface area (Å²) in [5, 5.41) is 19.3. The van der Waals surface area contributed by atoms with E-state index in [2.05, 4.69) is 4.90 Å². The van der Waals surface area contributed by atoms with Crippen LogP contribution in [-0.4, -0.2) is 53.6 Å². The molecule has 1 aromatic carbocycles. The Labute approximate surface area is 126 Å². The molecule has 2 atom stereocenters. The maximum atomic E-state index is 10.1. The summed E-state index contributed by atoms with van der Waals surface area (Å²) >= 11 is 0. The number of aliphatic hydroxyl groups excluding tert-OH is 2. The van der Waals surface area contributed by atoms with Crippen LogP contribution in [0.3, 0.4) is 0 Å². The summed E-state index contributed by atoms with van der Waals surface area (Å²) in [7, 11) is 0. The van der Waals surface area contributed by atoms with Gasteiger partial charge in [0, 0.05) is 24.9 Å². The summed E-state index contributed by atoms with van der Waals surface area (Å²) in [6.07, 6.45) is 3.73. The Balaban J connectivity index is 1.77. The van der Waals surface area contributed by atoms with Crippen molar-refractivity contribution in [2.75, 3.05) is 32.0 Å². The molecule has 1 aliphatic rings. The molecule has 1 heterocycles. The van der Waals surface area contributed by atoms with E-state index in [9.17, 15) is 5.11 Å². The summed E-state index contributed by atoms with van der Waals surface area (Å²) in [6, 6.07) is 7.55. The molecule has 4 N–H and O–H groups in total. The Morgan fingerprint density at radius 2 is 2.05 bits per heavy atom. The average Bonchev–Trinajstić information content (AvgIpc) is 2.49. The van der Waals surface area contributed by atoms with Gasteiger partial charge in [0.25, 0.3) is 0 Å². The van der Waals surface area contributed by atoms with Crippen molar-refractivity contribution in [2.45, 2.75) is 37.8 Å². The van der Waals surface area contributed by atoms with Crippen LogP contribution >= 0.6 is 0 Å². The standard InChI is InChI=1S/C16H26N2O3/c17-13-4-6-16(7-5-13)21-12-15(20)11-18-9-2-1-3-14(18)8-10-19/h4-7,14-15,19-20H,1-3,8-12,17H2. The molecule has 2 rings (SSSR count). The van der Waals surface area contributed by atoms with Crippen molar-refractivity contribution in [3.8, 4) is 5.75 Å². The molecule has 0 radical (unpaired) electrons. The van der Waals surface area contributed by atoms with Crippen LogP contribution in [0.5, 0.6) is 5.75 Å². The minimum Gasteiger partial charge on any atom is -0.491 e. The molecule has 21 heavy (non-hydrogen) atoms. The van der Waals surface area contributed by atoms with Crippen LogP contribution in [0.25, 0.3) is 0 Å². The fourth-order valence-corrected chi connectivity index (χ4v) is 2.86. The molecular formula is C16H26N2O3. The molecule has 2 unspecified atom stereocenters. The molecule has 5 heteroatoms. The number of ether oxygens (including phenoxy) is 1. The Kier molecular flexibility index (Phi) is 6.29. The van der Waals surface area contributed by atoms with Crippen molar-refractivity contribution in [1.82, 2.24) is 4.90 Å². The normalized spacial score (nSPS) is 21.1. The predicted octanol–water partition coefficient (Wildman–Crippen LogP) is 1.25. The molecule has 1 aliphatic heterocycles. The Bertz CT molecular complexity index is 408. The smallest absolute Gasteiger partial charge is 0.119 e. The molecule has 1 saturated heterocycles. The van der Waals surface area contributed by atoms with Gasteiger partial charge in [0.15, 0.2) is 0 Å². The molecule has 5 nitrogen and oxygen atoms in total. The fourth-order valence-electron chi connectivity index (χ4n) is 2.86. The third-order valence-electron chi connectivity index (χ3n) is 3.98. The van der Waals surface area contributed by atoms with Crippen LogP contribution < -0.4 is 10.5 Å². The first-order valence-corrected chi connectivity index (χ1v) is 7.70. The topological polar surface area (TPSA) is 79.0 Å². The number of aliphatic hydroxyl groups is 2. The lowest BCUT2D eigenvalue weighted by molar-refractivity contribution is 0.0332. The minimum atomic E-state index is -0.526. The first-order chi connectivity index (χ1) is 10.2. The molecule has 118 valence electrons. The quantitative estimate of drug-likeness (QED) is 0.660. The highest BCUT2D eigenvalue weighted by Crippen LogP contribution is 2.20. The Morgan fingerprint density at radius 3 is 2.76 bits per heavy atom. The molecule has 0 spiro atoms. The number of nitrogen functional groups attached to an aromatic ring is 1. The van der Waals surface area contributed by atoms with Gasteiger partial charge in [0.05, 0.1) is 0 Å². The van der Waals surface area contributed by atoms with E-state index in [0.717, 1.165) is 25.8 Å². The molecule has 0 aromatic heterocycles. The minimum absolute atomic E-state index is 0.208. The lowest BCUT2D eigenvalue weighted by atomic mass is 9.99. The maximum absolute atomic E-state index is 10.1. The van der Waals surface area contributed by atoms with Crippen LogP contribution in [0.15, 0.2) is 24.3 Å². The van der Waals surface area contributed by atoms with Crippen LogP contribution in [0.1, 0.15) is 25.7 Å². The van der Waals surface area contributed by atoms with Crippen LogP contribution in [-0.2, 0) is 0 Å². The monoisotopic (exact) mass is 294 g/mol. The zero-order valence-corrected chi connectivity index (χ0v) is 12.4. The van der Waals surface area contributed by atoms with Crippen molar-refractivity contribution in [3.05, 3.63) is 24.3 Å². The maximum Gasteiger partial charge on any atom is 0.119 e. The van der Waals surface area contributed by atoms with Crippen molar-refractivity contribution < 1.29 is 14.9 Å². The molecule has 1 aromatic rings. The van der Waals surface area contributed by atoms with Crippen molar-refractivity contribution in [1.29, 1.82) is 0 Å². The van der Waals surface area contributed by atoms with Crippen molar-refractivity contribution in [2.24, 2.45) is 0 Å². The van der Waals surface area contributed by atoms with Gasteiger partial charge in [-0.2, -0.15) is 0 Å². The predicted molar refractivity (Wildman–Crippen MR) is 83.3 cm³/mol. The Hall–Kier alpha value is -1.30. The third-order valence-corrected chi connectivity index (χ3v) is 3.98. The summed E-state index contributed by atoms with van der Waals surface area (Å²) in [5.74, 6) is 0.716. The summed E-state index contributed by atoms with van der Waals surface area (Å²) in [5.41, 5.74) is 6.32. The highest BCUT2D eigenvalue weighted by Gasteiger charge is 2.23. The molecule has 1 fully saturated rings. The number of nitrogens with two attached hydrogens (primary N) is 1.